The van der Waals surface area contributed by atoms with E-state index in [-0.39, 0.29) is 10.7 Å². The highest BCUT2D eigenvalue weighted by Crippen LogP contribution is 2.53. The Kier molecular flexibility index (Phi) is 3.64. The van der Waals surface area contributed by atoms with E-state index in [4.69, 9.17) is 4.74 Å². The van der Waals surface area contributed by atoms with E-state index in [1.165, 1.54) is 11.8 Å². The standard InChI is InChI=1S/C11H20O2S/c1-5-11(8-14-9(2)12)6-10(3,7-11)13-4/h5-8H2,1-4H3. The second-order valence-corrected chi connectivity index (χ2v) is 5.79. The molecule has 1 aliphatic rings. The molecule has 0 saturated heterocycles. The molecule has 1 aliphatic carbocycles. The predicted molar refractivity (Wildman–Crippen MR) is 60.5 cm³/mol. The molecule has 0 spiro atoms. The summed E-state index contributed by atoms with van der Waals surface area (Å²) in [6.07, 6.45) is 3.33. The molecule has 0 heterocycles. The highest BCUT2D eigenvalue weighted by molar-refractivity contribution is 8.13. The van der Waals surface area contributed by atoms with E-state index in [0.717, 1.165) is 25.0 Å². The van der Waals surface area contributed by atoms with Gasteiger partial charge in [0.25, 0.3) is 0 Å². The molecule has 3 heteroatoms. The van der Waals surface area contributed by atoms with Crippen LogP contribution in [0.4, 0.5) is 0 Å². The normalized spacial score (nSPS) is 36.6. The fraction of sp³-hybridized carbons (Fsp3) is 0.909. The fourth-order valence-electron chi connectivity index (χ4n) is 2.39. The van der Waals surface area contributed by atoms with Crippen molar-refractivity contribution < 1.29 is 9.53 Å². The predicted octanol–water partition coefficient (Wildman–Crippen LogP) is 2.86. The van der Waals surface area contributed by atoms with Crippen LogP contribution >= 0.6 is 11.8 Å². The summed E-state index contributed by atoms with van der Waals surface area (Å²) in [6, 6.07) is 0. The third-order valence-corrected chi connectivity index (χ3v) is 4.49. The van der Waals surface area contributed by atoms with Crippen molar-refractivity contribution in [1.82, 2.24) is 0 Å². The van der Waals surface area contributed by atoms with Gasteiger partial charge < -0.3 is 4.74 Å². The van der Waals surface area contributed by atoms with Gasteiger partial charge in [-0.05, 0) is 31.6 Å². The van der Waals surface area contributed by atoms with E-state index in [9.17, 15) is 4.79 Å². The van der Waals surface area contributed by atoms with Crippen LogP contribution in [0.15, 0.2) is 0 Å². The lowest BCUT2D eigenvalue weighted by atomic mass is 9.59. The lowest BCUT2D eigenvalue weighted by Crippen LogP contribution is -2.52. The molecule has 0 amide bonds. The molecule has 0 aromatic carbocycles. The zero-order valence-corrected chi connectivity index (χ0v) is 10.4. The molecule has 82 valence electrons. The van der Waals surface area contributed by atoms with Gasteiger partial charge >= 0.3 is 0 Å². The number of methoxy groups -OCH3 is 1. The van der Waals surface area contributed by atoms with Gasteiger partial charge in [-0.15, -0.1) is 0 Å². The molecule has 1 rings (SSSR count). The molecule has 2 nitrogen and oxygen atoms in total. The van der Waals surface area contributed by atoms with Gasteiger partial charge in [0, 0.05) is 19.8 Å². The Labute approximate surface area is 90.8 Å². The van der Waals surface area contributed by atoms with Crippen LogP contribution in [0.5, 0.6) is 0 Å². The van der Waals surface area contributed by atoms with Gasteiger partial charge in [-0.3, -0.25) is 4.79 Å². The minimum atomic E-state index is 0.0629. The first-order valence-electron chi connectivity index (χ1n) is 5.14. The molecule has 1 saturated carbocycles. The SMILES string of the molecule is CCC1(CSC(C)=O)CC(C)(OC)C1. The zero-order chi connectivity index (χ0) is 10.8. The Bertz CT molecular complexity index is 219. The number of rotatable bonds is 4. The molecule has 0 bridgehead atoms. The maximum Gasteiger partial charge on any atom is 0.185 e. The maximum atomic E-state index is 10.9. The topological polar surface area (TPSA) is 26.3 Å². The highest BCUT2D eigenvalue weighted by atomic mass is 32.2. The van der Waals surface area contributed by atoms with E-state index in [1.54, 1.807) is 14.0 Å². The van der Waals surface area contributed by atoms with E-state index in [1.807, 2.05) is 0 Å². The van der Waals surface area contributed by atoms with E-state index in [0.29, 0.717) is 5.41 Å². The summed E-state index contributed by atoms with van der Waals surface area (Å²) in [5.41, 5.74) is 0.411. The van der Waals surface area contributed by atoms with Crippen molar-refractivity contribution in [2.24, 2.45) is 5.41 Å². The second kappa shape index (κ2) is 4.23. The van der Waals surface area contributed by atoms with Crippen molar-refractivity contribution in [1.29, 1.82) is 0 Å². The maximum absolute atomic E-state index is 10.9. The van der Waals surface area contributed by atoms with Gasteiger partial charge in [-0.2, -0.15) is 0 Å². The number of hydrogen-bond acceptors (Lipinski definition) is 3. The number of carbonyl (C=O) groups is 1. The molecule has 0 radical (unpaired) electrons. The molecule has 1 fully saturated rings. The van der Waals surface area contributed by atoms with Crippen molar-refractivity contribution >= 4 is 16.9 Å². The molecular weight excluding hydrogens is 196 g/mol. The van der Waals surface area contributed by atoms with Crippen molar-refractivity contribution in [3.63, 3.8) is 0 Å². The number of thioether (sulfide) groups is 1. The lowest BCUT2D eigenvalue weighted by Gasteiger charge is -2.53. The van der Waals surface area contributed by atoms with Crippen LogP contribution in [0.25, 0.3) is 0 Å². The summed E-state index contributed by atoms with van der Waals surface area (Å²) in [7, 11) is 1.78. The summed E-state index contributed by atoms with van der Waals surface area (Å²) >= 11 is 1.46. The van der Waals surface area contributed by atoms with Crippen molar-refractivity contribution in [3.05, 3.63) is 0 Å². The molecule has 0 unspecified atom stereocenters. The Morgan fingerprint density at radius 1 is 1.50 bits per heavy atom. The molecular formula is C11H20O2S. The van der Waals surface area contributed by atoms with Gasteiger partial charge in [0.2, 0.25) is 0 Å². The average molecular weight is 216 g/mol. The Balaban J connectivity index is 2.44. The number of ether oxygens (including phenoxy) is 1. The van der Waals surface area contributed by atoms with Gasteiger partial charge in [0.05, 0.1) is 5.60 Å². The number of hydrogen-bond donors (Lipinski definition) is 0. The van der Waals surface area contributed by atoms with Crippen molar-refractivity contribution in [2.75, 3.05) is 12.9 Å². The lowest BCUT2D eigenvalue weighted by molar-refractivity contribution is -0.131. The average Bonchev–Trinajstić information content (AvgIpc) is 2.10. The van der Waals surface area contributed by atoms with Crippen LogP contribution in [0.2, 0.25) is 0 Å². The largest absolute Gasteiger partial charge is 0.378 e. The van der Waals surface area contributed by atoms with Crippen molar-refractivity contribution in [2.45, 2.75) is 45.6 Å². The third kappa shape index (κ3) is 2.51. The Morgan fingerprint density at radius 2 is 2.07 bits per heavy atom. The van der Waals surface area contributed by atoms with E-state index < -0.39 is 0 Å². The van der Waals surface area contributed by atoms with E-state index >= 15 is 0 Å². The van der Waals surface area contributed by atoms with Gasteiger partial charge in [0.15, 0.2) is 5.12 Å². The van der Waals surface area contributed by atoms with Crippen LogP contribution in [-0.4, -0.2) is 23.6 Å². The minimum absolute atomic E-state index is 0.0629. The molecule has 0 atom stereocenters. The minimum Gasteiger partial charge on any atom is -0.378 e. The van der Waals surface area contributed by atoms with Gasteiger partial charge in [-0.25, -0.2) is 0 Å². The quantitative estimate of drug-likeness (QED) is 0.723. The summed E-state index contributed by atoms with van der Waals surface area (Å²) in [6.45, 7) is 6.00. The van der Waals surface area contributed by atoms with Crippen LogP contribution in [0.1, 0.15) is 40.0 Å². The molecule has 0 aromatic heterocycles. The second-order valence-electron chi connectivity index (χ2n) is 4.64. The molecule has 0 N–H and O–H groups in total. The summed E-state index contributed by atoms with van der Waals surface area (Å²) < 4.78 is 5.44. The first kappa shape index (κ1) is 12.1. The summed E-state index contributed by atoms with van der Waals surface area (Å²) in [4.78, 5) is 10.9. The van der Waals surface area contributed by atoms with Crippen molar-refractivity contribution in [3.8, 4) is 0 Å². The Hall–Kier alpha value is -0.0200. The van der Waals surface area contributed by atoms with Crippen LogP contribution in [0, 0.1) is 5.41 Å². The Morgan fingerprint density at radius 3 is 2.43 bits per heavy atom. The first-order valence-corrected chi connectivity index (χ1v) is 6.12. The highest BCUT2D eigenvalue weighted by Gasteiger charge is 2.50. The van der Waals surface area contributed by atoms with Gasteiger partial charge in [-0.1, -0.05) is 18.7 Å². The summed E-state index contributed by atoms with van der Waals surface area (Å²) in [5.74, 6) is 0.956. The first-order chi connectivity index (χ1) is 6.45. The van der Waals surface area contributed by atoms with Crippen LogP contribution in [0.3, 0.4) is 0 Å². The zero-order valence-electron chi connectivity index (χ0n) is 9.55. The molecule has 14 heavy (non-hydrogen) atoms. The van der Waals surface area contributed by atoms with Gasteiger partial charge in [0.1, 0.15) is 0 Å². The summed E-state index contributed by atoms with van der Waals surface area (Å²) in [5, 5.41) is 0.226. The number of carbonyl (C=O) groups excluding carboxylic acids is 1. The third-order valence-electron chi connectivity index (χ3n) is 3.32. The van der Waals surface area contributed by atoms with Crippen LogP contribution < -0.4 is 0 Å². The van der Waals surface area contributed by atoms with Crippen LogP contribution in [-0.2, 0) is 9.53 Å². The fourth-order valence-corrected chi connectivity index (χ4v) is 3.31. The monoisotopic (exact) mass is 216 g/mol. The smallest absolute Gasteiger partial charge is 0.185 e. The van der Waals surface area contributed by atoms with E-state index in [2.05, 4.69) is 13.8 Å². The molecule has 0 aliphatic heterocycles. The molecule has 0 aromatic rings.